The van der Waals surface area contributed by atoms with Crippen LogP contribution < -0.4 is 11.3 Å². The van der Waals surface area contributed by atoms with Gasteiger partial charge in [-0.2, -0.15) is 0 Å². The molecule has 4 heteroatoms. The summed E-state index contributed by atoms with van der Waals surface area (Å²) in [5, 5.41) is 0. The average molecular weight is 210 g/mol. The molecule has 3 fully saturated rings. The number of nitrogens with one attached hydrogen (secondary N) is 1. The van der Waals surface area contributed by atoms with Crippen molar-refractivity contribution in [3.05, 3.63) is 12.7 Å². The molecule has 2 unspecified atom stereocenters. The molecule has 3 heterocycles. The Morgan fingerprint density at radius 2 is 2.13 bits per heavy atom. The molecular weight excluding hydrogens is 188 g/mol. The molecule has 15 heavy (non-hydrogen) atoms. The number of rotatable bonds is 5. The van der Waals surface area contributed by atoms with Crippen molar-refractivity contribution >= 4 is 0 Å². The lowest BCUT2D eigenvalue weighted by Gasteiger charge is -2.50. The van der Waals surface area contributed by atoms with Crippen molar-refractivity contribution in [2.45, 2.75) is 24.9 Å². The molecule has 0 radical (unpaired) electrons. The van der Waals surface area contributed by atoms with Crippen molar-refractivity contribution in [2.75, 3.05) is 32.7 Å². The Kier molecular flexibility index (Phi) is 3.75. The van der Waals surface area contributed by atoms with Crippen molar-refractivity contribution < 1.29 is 0 Å². The molecular formula is C11H22N4. The molecule has 3 saturated heterocycles. The van der Waals surface area contributed by atoms with Crippen molar-refractivity contribution in [2.24, 2.45) is 5.84 Å². The van der Waals surface area contributed by atoms with Gasteiger partial charge in [0.25, 0.3) is 0 Å². The van der Waals surface area contributed by atoms with Crippen molar-refractivity contribution in [3.8, 4) is 0 Å². The van der Waals surface area contributed by atoms with Crippen LogP contribution in [0.25, 0.3) is 0 Å². The highest BCUT2D eigenvalue weighted by Gasteiger charge is 2.35. The highest BCUT2D eigenvalue weighted by atomic mass is 15.4. The second-order valence-electron chi connectivity index (χ2n) is 4.54. The van der Waals surface area contributed by atoms with E-state index in [0.717, 1.165) is 12.8 Å². The van der Waals surface area contributed by atoms with E-state index >= 15 is 0 Å². The third-order valence-electron chi connectivity index (χ3n) is 3.68. The van der Waals surface area contributed by atoms with Crippen LogP contribution in [0.5, 0.6) is 0 Å². The third-order valence-corrected chi connectivity index (χ3v) is 3.68. The van der Waals surface area contributed by atoms with E-state index in [1.54, 1.807) is 0 Å². The molecule has 0 amide bonds. The minimum absolute atomic E-state index is 0.408. The monoisotopic (exact) mass is 210 g/mol. The van der Waals surface area contributed by atoms with E-state index in [0.29, 0.717) is 12.1 Å². The first-order valence-electron chi connectivity index (χ1n) is 5.88. The lowest BCUT2D eigenvalue weighted by Crippen LogP contribution is -2.67. The van der Waals surface area contributed by atoms with E-state index in [2.05, 4.69) is 21.8 Å². The van der Waals surface area contributed by atoms with Crippen LogP contribution in [-0.4, -0.2) is 54.6 Å². The SMILES string of the molecule is C=CCCC(NN)C1CN2CCN1CC2. The largest absolute Gasteiger partial charge is 0.299 e. The van der Waals surface area contributed by atoms with Crippen LogP contribution in [0.1, 0.15) is 12.8 Å². The van der Waals surface area contributed by atoms with Gasteiger partial charge in [0, 0.05) is 44.8 Å². The Morgan fingerprint density at radius 1 is 1.40 bits per heavy atom. The topological polar surface area (TPSA) is 44.5 Å². The zero-order valence-electron chi connectivity index (χ0n) is 9.36. The fraction of sp³-hybridized carbons (Fsp3) is 0.818. The van der Waals surface area contributed by atoms with Crippen molar-refractivity contribution in [3.63, 3.8) is 0 Å². The molecule has 86 valence electrons. The Bertz CT molecular complexity index is 211. The first-order valence-corrected chi connectivity index (χ1v) is 5.88. The van der Waals surface area contributed by atoms with Crippen molar-refractivity contribution in [1.29, 1.82) is 0 Å². The smallest absolute Gasteiger partial charge is 0.0391 e. The third kappa shape index (κ3) is 2.39. The maximum Gasteiger partial charge on any atom is 0.0391 e. The molecule has 3 aliphatic rings. The first kappa shape index (κ1) is 11.1. The van der Waals surface area contributed by atoms with E-state index in [4.69, 9.17) is 5.84 Å². The summed E-state index contributed by atoms with van der Waals surface area (Å²) in [4.78, 5) is 5.12. The molecule has 2 atom stereocenters. The van der Waals surface area contributed by atoms with Crippen LogP contribution in [0.2, 0.25) is 0 Å². The number of hydrogen-bond acceptors (Lipinski definition) is 4. The Morgan fingerprint density at radius 3 is 2.60 bits per heavy atom. The lowest BCUT2D eigenvalue weighted by atomic mass is 9.97. The number of piperazine rings is 3. The quantitative estimate of drug-likeness (QED) is 0.374. The standard InChI is InChI=1S/C11H22N4/c1-2-3-4-10(13-12)11-9-14-5-7-15(11)8-6-14/h2,10-11,13H,1,3-9,12H2. The molecule has 0 aromatic carbocycles. The molecule has 0 aromatic rings. The Hall–Kier alpha value is -0.420. The summed E-state index contributed by atoms with van der Waals surface area (Å²) >= 11 is 0. The number of allylic oxidation sites excluding steroid dienone is 1. The number of fused-ring (bicyclic) bond motifs is 3. The molecule has 3 aliphatic heterocycles. The molecule has 0 aromatic heterocycles. The van der Waals surface area contributed by atoms with Gasteiger partial charge >= 0.3 is 0 Å². The molecule has 3 N–H and O–H groups in total. The summed E-state index contributed by atoms with van der Waals surface area (Å²) in [5.74, 6) is 5.65. The van der Waals surface area contributed by atoms with E-state index in [1.165, 1.54) is 32.7 Å². The summed E-state index contributed by atoms with van der Waals surface area (Å²) < 4.78 is 0. The first-order chi connectivity index (χ1) is 7.35. The summed E-state index contributed by atoms with van der Waals surface area (Å²) in [6.45, 7) is 9.81. The van der Waals surface area contributed by atoms with Gasteiger partial charge in [0.1, 0.15) is 0 Å². The second-order valence-corrected chi connectivity index (χ2v) is 4.54. The van der Waals surface area contributed by atoms with Gasteiger partial charge in [-0.15, -0.1) is 6.58 Å². The maximum atomic E-state index is 5.65. The number of nitrogens with two attached hydrogens (primary N) is 1. The molecule has 2 bridgehead atoms. The van der Waals surface area contributed by atoms with Crippen molar-refractivity contribution in [1.82, 2.24) is 15.2 Å². The predicted molar refractivity (Wildman–Crippen MR) is 62.3 cm³/mol. The maximum absolute atomic E-state index is 5.65. The van der Waals surface area contributed by atoms with Gasteiger partial charge in [0.15, 0.2) is 0 Å². The van der Waals surface area contributed by atoms with E-state index in [9.17, 15) is 0 Å². The zero-order valence-corrected chi connectivity index (χ0v) is 9.36. The molecule has 3 rings (SSSR count). The van der Waals surface area contributed by atoms with E-state index in [-0.39, 0.29) is 0 Å². The summed E-state index contributed by atoms with van der Waals surface area (Å²) in [7, 11) is 0. The molecule has 0 spiro atoms. The van der Waals surface area contributed by atoms with Gasteiger partial charge in [0.2, 0.25) is 0 Å². The number of hydrogen-bond donors (Lipinski definition) is 2. The zero-order chi connectivity index (χ0) is 10.7. The summed E-state index contributed by atoms with van der Waals surface area (Å²) in [6, 6.07) is 1.00. The van der Waals surface area contributed by atoms with E-state index in [1.807, 2.05) is 6.08 Å². The average Bonchev–Trinajstić information content (AvgIpc) is 2.32. The van der Waals surface area contributed by atoms with Crippen LogP contribution in [0, 0.1) is 0 Å². The Labute approximate surface area is 92.1 Å². The van der Waals surface area contributed by atoms with Crippen LogP contribution in [0.3, 0.4) is 0 Å². The van der Waals surface area contributed by atoms with Gasteiger partial charge in [-0.1, -0.05) is 6.08 Å². The van der Waals surface area contributed by atoms with Crippen LogP contribution in [0.4, 0.5) is 0 Å². The van der Waals surface area contributed by atoms with Crippen LogP contribution in [-0.2, 0) is 0 Å². The van der Waals surface area contributed by atoms with E-state index < -0.39 is 0 Å². The fourth-order valence-electron chi connectivity index (χ4n) is 2.72. The minimum Gasteiger partial charge on any atom is -0.299 e. The van der Waals surface area contributed by atoms with Gasteiger partial charge in [-0.05, 0) is 12.8 Å². The number of nitrogens with zero attached hydrogens (tertiary/aromatic N) is 2. The fourth-order valence-corrected chi connectivity index (χ4v) is 2.72. The molecule has 4 nitrogen and oxygen atoms in total. The van der Waals surface area contributed by atoms with Gasteiger partial charge in [0.05, 0.1) is 0 Å². The normalized spacial score (nSPS) is 36.5. The van der Waals surface area contributed by atoms with Crippen LogP contribution >= 0.6 is 0 Å². The minimum atomic E-state index is 0.408. The molecule has 0 aliphatic carbocycles. The predicted octanol–water partition coefficient (Wildman–Crippen LogP) is -0.216. The Balaban J connectivity index is 1.92. The highest BCUT2D eigenvalue weighted by molar-refractivity contribution is 4.94. The van der Waals surface area contributed by atoms with Gasteiger partial charge < -0.3 is 0 Å². The summed E-state index contributed by atoms with van der Waals surface area (Å²) in [5.41, 5.74) is 2.98. The lowest BCUT2D eigenvalue weighted by molar-refractivity contribution is -0.00432. The van der Waals surface area contributed by atoms with Gasteiger partial charge in [-0.25, -0.2) is 0 Å². The van der Waals surface area contributed by atoms with Crippen LogP contribution in [0.15, 0.2) is 12.7 Å². The number of hydrazine groups is 1. The highest BCUT2D eigenvalue weighted by Crippen LogP contribution is 2.20. The van der Waals surface area contributed by atoms with Gasteiger partial charge in [-0.3, -0.25) is 21.1 Å². The molecule has 0 saturated carbocycles. The second kappa shape index (κ2) is 5.07. The summed E-state index contributed by atoms with van der Waals surface area (Å²) in [6.07, 6.45) is 4.11.